The molecular weight excluding hydrogens is 413 g/mol. The number of pyridine rings is 1. The van der Waals surface area contributed by atoms with Gasteiger partial charge in [0.1, 0.15) is 0 Å². The van der Waals surface area contributed by atoms with Gasteiger partial charge in [0, 0.05) is 32.8 Å². The molecule has 0 amide bonds. The number of aromatic nitrogens is 1. The third-order valence-corrected chi connectivity index (χ3v) is 3.07. The first-order valence-electron chi connectivity index (χ1n) is 6.09. The molecule has 0 aliphatic heterocycles. The second kappa shape index (κ2) is 5.67. The largest absolute Gasteiger partial charge is 0.266 e. The van der Waals surface area contributed by atoms with Crippen molar-refractivity contribution in [2.24, 2.45) is 0 Å². The van der Waals surface area contributed by atoms with Crippen LogP contribution in [0.2, 0.25) is 0 Å². The van der Waals surface area contributed by atoms with Crippen LogP contribution in [0.15, 0.2) is 48.7 Å². The van der Waals surface area contributed by atoms with Crippen LogP contribution in [0, 0.1) is 19.9 Å². The molecule has 0 saturated carbocycles. The van der Waals surface area contributed by atoms with Gasteiger partial charge in [-0.05, 0) is 11.5 Å². The number of rotatable bonds is 1. The van der Waals surface area contributed by atoms with Crippen molar-refractivity contribution in [1.29, 1.82) is 0 Å². The van der Waals surface area contributed by atoms with E-state index in [4.69, 9.17) is 0 Å². The number of fused-ring (bicyclic) bond motifs is 1. The van der Waals surface area contributed by atoms with Crippen molar-refractivity contribution in [3.63, 3.8) is 0 Å². The molecule has 19 heavy (non-hydrogen) atoms. The summed E-state index contributed by atoms with van der Waals surface area (Å²) in [7, 11) is 0. The number of aryl methyl sites for hydroxylation is 2. The molecule has 3 aromatic rings. The molecule has 0 radical (unpaired) electrons. The van der Waals surface area contributed by atoms with E-state index in [0.29, 0.717) is 0 Å². The Hall–Kier alpha value is -1.46. The average Bonchev–Trinajstić information content (AvgIpc) is 2.37. The fourth-order valence-electron chi connectivity index (χ4n) is 2.36. The summed E-state index contributed by atoms with van der Waals surface area (Å²) in [5, 5.41) is 1.17. The molecule has 3 rings (SSSR count). The maximum Gasteiger partial charge on any atom is 0.0366 e. The van der Waals surface area contributed by atoms with E-state index < -0.39 is 0 Å². The summed E-state index contributed by atoms with van der Waals surface area (Å²) in [5.74, 6) is 0. The Balaban J connectivity index is 0.00000133. The quantitative estimate of drug-likeness (QED) is 0.528. The summed E-state index contributed by atoms with van der Waals surface area (Å²) in [6.45, 7) is 4.19. The predicted molar refractivity (Wildman–Crippen MR) is 75.5 cm³/mol. The predicted octanol–water partition coefficient (Wildman–Crippen LogP) is 4.32. The standard InChI is InChI=1S/C17H14N.Pt/c1-12-9-13(2)11-15(10-12)16-7-3-5-14-6-4-8-18-17(14)16;/h3-10H,1-2H3;/q-1;. The smallest absolute Gasteiger partial charge is 0.0366 e. The van der Waals surface area contributed by atoms with Gasteiger partial charge in [0.25, 0.3) is 0 Å². The first kappa shape index (κ1) is 14.0. The van der Waals surface area contributed by atoms with E-state index in [-0.39, 0.29) is 21.1 Å². The van der Waals surface area contributed by atoms with Crippen molar-refractivity contribution in [1.82, 2.24) is 4.98 Å². The second-order valence-corrected chi connectivity index (χ2v) is 4.64. The van der Waals surface area contributed by atoms with Gasteiger partial charge in [-0.25, -0.2) is 0 Å². The Labute approximate surface area is 128 Å². The summed E-state index contributed by atoms with van der Waals surface area (Å²) < 4.78 is 0. The summed E-state index contributed by atoms with van der Waals surface area (Å²) in [6, 6.07) is 18.1. The SMILES string of the molecule is Cc1[c-]c(-c2cccc3cccnc23)cc(C)c1.[Pt]. The number of para-hydroxylation sites is 1. The monoisotopic (exact) mass is 427 g/mol. The van der Waals surface area contributed by atoms with Crippen LogP contribution >= 0.6 is 0 Å². The van der Waals surface area contributed by atoms with Gasteiger partial charge < -0.3 is 0 Å². The summed E-state index contributed by atoms with van der Waals surface area (Å²) >= 11 is 0. The fourth-order valence-corrected chi connectivity index (χ4v) is 2.36. The van der Waals surface area contributed by atoms with Crippen LogP contribution in [0.3, 0.4) is 0 Å². The Kier molecular flexibility index (Phi) is 4.17. The molecule has 0 aliphatic rings. The van der Waals surface area contributed by atoms with Gasteiger partial charge >= 0.3 is 0 Å². The Morgan fingerprint density at radius 1 is 1.00 bits per heavy atom. The zero-order valence-electron chi connectivity index (χ0n) is 10.9. The summed E-state index contributed by atoms with van der Waals surface area (Å²) in [5.41, 5.74) is 5.74. The summed E-state index contributed by atoms with van der Waals surface area (Å²) in [4.78, 5) is 4.50. The maximum atomic E-state index is 4.50. The van der Waals surface area contributed by atoms with Crippen LogP contribution in [-0.4, -0.2) is 4.98 Å². The van der Waals surface area contributed by atoms with Gasteiger partial charge in [0.15, 0.2) is 0 Å². The molecule has 0 aliphatic carbocycles. The topological polar surface area (TPSA) is 12.9 Å². The first-order chi connectivity index (χ1) is 8.74. The van der Waals surface area contributed by atoms with E-state index in [1.165, 1.54) is 10.9 Å². The third-order valence-electron chi connectivity index (χ3n) is 3.07. The van der Waals surface area contributed by atoms with Crippen molar-refractivity contribution in [2.45, 2.75) is 13.8 Å². The van der Waals surface area contributed by atoms with Gasteiger partial charge in [0.2, 0.25) is 0 Å². The Morgan fingerprint density at radius 2 is 1.79 bits per heavy atom. The molecule has 1 nitrogen and oxygen atoms in total. The number of nitrogens with zero attached hydrogens (tertiary/aromatic N) is 1. The zero-order valence-corrected chi connectivity index (χ0v) is 13.2. The van der Waals surface area contributed by atoms with Crippen molar-refractivity contribution in [3.05, 3.63) is 65.9 Å². The van der Waals surface area contributed by atoms with Crippen LogP contribution in [0.4, 0.5) is 0 Å². The van der Waals surface area contributed by atoms with E-state index in [0.717, 1.165) is 22.2 Å². The van der Waals surface area contributed by atoms with Gasteiger partial charge in [-0.1, -0.05) is 43.7 Å². The second-order valence-electron chi connectivity index (χ2n) is 4.64. The van der Waals surface area contributed by atoms with Gasteiger partial charge in [0.05, 0.1) is 0 Å². The molecule has 98 valence electrons. The number of benzene rings is 2. The molecule has 2 aromatic carbocycles. The van der Waals surface area contributed by atoms with Crippen molar-refractivity contribution >= 4 is 10.9 Å². The normalized spacial score (nSPS) is 10.2. The van der Waals surface area contributed by atoms with Gasteiger partial charge in [-0.2, -0.15) is 0 Å². The molecular formula is C17H14NPt-. The van der Waals surface area contributed by atoms with Gasteiger partial charge in [-0.15, -0.1) is 34.9 Å². The van der Waals surface area contributed by atoms with Crippen molar-refractivity contribution in [2.75, 3.05) is 0 Å². The molecule has 2 heteroatoms. The van der Waals surface area contributed by atoms with Crippen LogP contribution in [-0.2, 0) is 21.1 Å². The van der Waals surface area contributed by atoms with E-state index >= 15 is 0 Å². The Bertz CT molecular complexity index is 694. The van der Waals surface area contributed by atoms with E-state index in [1.807, 2.05) is 12.3 Å². The summed E-state index contributed by atoms with van der Waals surface area (Å²) in [6.07, 6.45) is 1.84. The average molecular weight is 427 g/mol. The maximum absolute atomic E-state index is 4.50. The van der Waals surface area contributed by atoms with Crippen LogP contribution in [0.1, 0.15) is 11.1 Å². The molecule has 1 aromatic heterocycles. The van der Waals surface area contributed by atoms with Crippen LogP contribution < -0.4 is 0 Å². The molecule has 0 saturated heterocycles. The van der Waals surface area contributed by atoms with Crippen molar-refractivity contribution in [3.8, 4) is 11.1 Å². The van der Waals surface area contributed by atoms with Gasteiger partial charge in [-0.3, -0.25) is 4.98 Å². The Morgan fingerprint density at radius 3 is 2.58 bits per heavy atom. The van der Waals surface area contributed by atoms with E-state index in [9.17, 15) is 0 Å². The zero-order chi connectivity index (χ0) is 12.5. The van der Waals surface area contributed by atoms with Crippen LogP contribution in [0.25, 0.3) is 22.0 Å². The number of hydrogen-bond acceptors (Lipinski definition) is 1. The molecule has 0 N–H and O–H groups in total. The molecule has 0 unspecified atom stereocenters. The minimum Gasteiger partial charge on any atom is -0.266 e. The van der Waals surface area contributed by atoms with Crippen molar-refractivity contribution < 1.29 is 21.1 Å². The fraction of sp³-hybridized carbons (Fsp3) is 0.118. The third kappa shape index (κ3) is 2.77. The van der Waals surface area contributed by atoms with E-state index in [1.54, 1.807) is 0 Å². The molecule has 0 fully saturated rings. The van der Waals surface area contributed by atoms with E-state index in [2.05, 4.69) is 61.3 Å². The minimum absolute atomic E-state index is 0. The molecule has 0 spiro atoms. The van der Waals surface area contributed by atoms with Crippen LogP contribution in [0.5, 0.6) is 0 Å². The number of hydrogen-bond donors (Lipinski definition) is 0. The molecule has 1 heterocycles. The molecule has 0 atom stereocenters. The minimum atomic E-state index is 0. The molecule has 0 bridgehead atoms. The first-order valence-corrected chi connectivity index (χ1v) is 6.09.